The van der Waals surface area contributed by atoms with E-state index in [-0.39, 0.29) is 53.1 Å². The first-order valence-electron chi connectivity index (χ1n) is 23.7. The number of aliphatic carboxylic acids is 1. The highest BCUT2D eigenvalue weighted by Crippen LogP contribution is 2.39. The Balaban J connectivity index is 0.000000264. The molecule has 0 aliphatic carbocycles. The molecule has 71 heavy (non-hydrogen) atoms. The van der Waals surface area contributed by atoms with Crippen molar-refractivity contribution >= 4 is 11.9 Å². The highest BCUT2D eigenvalue weighted by Gasteiger charge is 2.24. The lowest BCUT2D eigenvalue weighted by molar-refractivity contribution is -0.141. The minimum atomic E-state index is -0.838. The summed E-state index contributed by atoms with van der Waals surface area (Å²) in [7, 11) is 4.54. The fraction of sp³-hybridized carbons (Fsp3) is 0.311. The number of allylic oxidation sites excluding steroid dienone is 4. The van der Waals surface area contributed by atoms with E-state index in [0.717, 1.165) is 44.5 Å². The fourth-order valence-electron chi connectivity index (χ4n) is 8.26. The number of methoxy groups -OCH3 is 3. The number of ether oxygens (including phenoxy) is 5. The average Bonchev–Trinajstić information content (AvgIpc) is 3.34. The smallest absolute Gasteiger partial charge is 0.306 e. The van der Waals surface area contributed by atoms with E-state index in [2.05, 4.69) is 41.5 Å². The van der Waals surface area contributed by atoms with Gasteiger partial charge in [0.25, 0.3) is 0 Å². The molecule has 0 amide bonds. The molecule has 0 aliphatic rings. The molecule has 10 heteroatoms. The first-order valence-corrected chi connectivity index (χ1v) is 23.7. The Morgan fingerprint density at radius 3 is 1.24 bits per heavy atom. The lowest BCUT2D eigenvalue weighted by atomic mass is 9.81. The first kappa shape index (κ1) is 54.7. The summed E-state index contributed by atoms with van der Waals surface area (Å²) >= 11 is 0. The molecule has 374 valence electrons. The fourth-order valence-corrected chi connectivity index (χ4v) is 8.26. The van der Waals surface area contributed by atoms with Crippen molar-refractivity contribution in [3.8, 4) is 45.3 Å². The van der Waals surface area contributed by atoms with Gasteiger partial charge < -0.3 is 28.8 Å². The predicted octanol–water partition coefficient (Wildman–Crippen LogP) is 15.1. The maximum atomic E-state index is 14.9. The van der Waals surface area contributed by atoms with Crippen LogP contribution in [0.5, 0.6) is 23.0 Å². The zero-order valence-corrected chi connectivity index (χ0v) is 42.9. The third kappa shape index (κ3) is 15.4. The molecule has 2 atom stereocenters. The normalized spacial score (nSPS) is 12.5. The number of carbonyl (C=O) groups is 2. The minimum absolute atomic E-state index is 0.0360. The monoisotopic (exact) mass is 966 g/mol. The van der Waals surface area contributed by atoms with Crippen LogP contribution in [-0.4, -0.2) is 38.4 Å². The molecule has 6 rings (SSSR count). The average molecular weight is 967 g/mol. The largest absolute Gasteiger partial charge is 0.497 e. The quantitative estimate of drug-likeness (QED) is 0.0671. The molecule has 1 N–H and O–H groups in total. The van der Waals surface area contributed by atoms with Crippen molar-refractivity contribution in [2.45, 2.75) is 104 Å². The number of carbonyl (C=O) groups excluding carboxylic acids is 1. The van der Waals surface area contributed by atoms with Crippen LogP contribution in [0.25, 0.3) is 22.3 Å². The van der Waals surface area contributed by atoms with Gasteiger partial charge in [0.2, 0.25) is 0 Å². The molecule has 0 bridgehead atoms. The Kier molecular flexibility index (Phi) is 19.3. The van der Waals surface area contributed by atoms with Gasteiger partial charge in [-0.1, -0.05) is 114 Å². The molecule has 0 saturated carbocycles. The number of rotatable bonds is 18. The Hall–Kier alpha value is -7.20. The van der Waals surface area contributed by atoms with Crippen molar-refractivity contribution in [1.82, 2.24) is 0 Å². The van der Waals surface area contributed by atoms with Crippen LogP contribution < -0.4 is 18.9 Å². The van der Waals surface area contributed by atoms with Crippen molar-refractivity contribution in [1.29, 1.82) is 0 Å². The van der Waals surface area contributed by atoms with E-state index >= 15 is 0 Å². The van der Waals surface area contributed by atoms with Gasteiger partial charge in [0.15, 0.2) is 0 Å². The standard InChI is InChI=1S/C31H35FO4.C30H33FO4/c1-7-8-23(18-30(33)35-6)22-10-12-24(13-11-22)36-20-21-9-15-28(31(2,3)4)26(17-21)27-19-25(34-5)14-16-29(27)32;1-6-7-22(17-29(32)33)21-9-11-23(12-10-21)35-19-20-8-14-27(30(2,3)4)25(16-20)26-18-24(34-5)13-15-28(26)31/h7-17,19,23H,18,20H2,1-6H3;6-16,18,22H,17,19H2,1-5H3,(H,32,33)/b8-7-;7-6-/t23-;22-/m11/s1. The second-order valence-electron chi connectivity index (χ2n) is 19.3. The van der Waals surface area contributed by atoms with Crippen molar-refractivity contribution in [2.24, 2.45) is 0 Å². The number of hydrogen-bond acceptors (Lipinski definition) is 7. The number of esters is 1. The van der Waals surface area contributed by atoms with E-state index in [0.29, 0.717) is 47.3 Å². The van der Waals surface area contributed by atoms with Gasteiger partial charge in [0.1, 0.15) is 47.8 Å². The van der Waals surface area contributed by atoms with Crippen molar-refractivity contribution < 1.29 is 47.2 Å². The number of hydrogen-bond donors (Lipinski definition) is 1. The van der Waals surface area contributed by atoms with Gasteiger partial charge in [-0.3, -0.25) is 9.59 Å². The van der Waals surface area contributed by atoms with Crippen LogP contribution in [-0.2, 0) is 38.4 Å². The van der Waals surface area contributed by atoms with Crippen LogP contribution in [0.4, 0.5) is 8.78 Å². The molecule has 0 unspecified atom stereocenters. The number of carboxylic acids is 1. The topological polar surface area (TPSA) is 101 Å². The van der Waals surface area contributed by atoms with Crippen LogP contribution in [0, 0.1) is 11.6 Å². The molecule has 0 saturated heterocycles. The van der Waals surface area contributed by atoms with E-state index in [4.69, 9.17) is 28.8 Å². The molecule has 0 fully saturated rings. The molecule has 0 radical (unpaired) electrons. The van der Waals surface area contributed by atoms with Crippen LogP contribution in [0.3, 0.4) is 0 Å². The second kappa shape index (κ2) is 25.1. The number of carboxylic acid groups (broad SMARTS) is 1. The van der Waals surface area contributed by atoms with Crippen molar-refractivity contribution in [2.75, 3.05) is 21.3 Å². The van der Waals surface area contributed by atoms with Gasteiger partial charge >= 0.3 is 11.9 Å². The van der Waals surface area contributed by atoms with Gasteiger partial charge in [0.05, 0.1) is 34.2 Å². The molecule has 6 aromatic rings. The highest BCUT2D eigenvalue weighted by atomic mass is 19.1. The molecule has 8 nitrogen and oxygen atoms in total. The molecular formula is C61H68F2O8. The molecule has 0 heterocycles. The number of benzene rings is 6. The summed E-state index contributed by atoms with van der Waals surface area (Å²) in [6.07, 6.45) is 7.99. The summed E-state index contributed by atoms with van der Waals surface area (Å²) in [4.78, 5) is 22.9. The summed E-state index contributed by atoms with van der Waals surface area (Å²) in [6, 6.07) is 36.8. The van der Waals surface area contributed by atoms with Crippen molar-refractivity contribution in [3.05, 3.63) is 191 Å². The summed E-state index contributed by atoms with van der Waals surface area (Å²) in [5.74, 6) is 0.676. The third-order valence-electron chi connectivity index (χ3n) is 12.0. The zero-order valence-electron chi connectivity index (χ0n) is 42.9. The van der Waals surface area contributed by atoms with Crippen molar-refractivity contribution in [3.63, 3.8) is 0 Å². The Bertz CT molecular complexity index is 2780. The molecule has 0 spiro atoms. The summed E-state index contributed by atoms with van der Waals surface area (Å²) < 4.78 is 57.3. The van der Waals surface area contributed by atoms with E-state index in [1.165, 1.54) is 19.2 Å². The molecular weight excluding hydrogens is 899 g/mol. The molecule has 0 aromatic heterocycles. The van der Waals surface area contributed by atoms with Gasteiger partial charge in [0, 0.05) is 23.0 Å². The predicted molar refractivity (Wildman–Crippen MR) is 280 cm³/mol. The highest BCUT2D eigenvalue weighted by molar-refractivity contribution is 5.73. The summed E-state index contributed by atoms with van der Waals surface area (Å²) in [5, 5.41) is 9.17. The van der Waals surface area contributed by atoms with Crippen LogP contribution >= 0.6 is 0 Å². The summed E-state index contributed by atoms with van der Waals surface area (Å²) in [5.41, 5.74) is 8.14. The third-order valence-corrected chi connectivity index (χ3v) is 12.0. The zero-order chi connectivity index (χ0) is 51.9. The van der Waals surface area contributed by atoms with Crippen LogP contribution in [0.1, 0.15) is 113 Å². The van der Waals surface area contributed by atoms with E-state index < -0.39 is 5.97 Å². The van der Waals surface area contributed by atoms with Gasteiger partial charge in [-0.05, 0) is 142 Å². The maximum Gasteiger partial charge on any atom is 0.306 e. The van der Waals surface area contributed by atoms with E-state index in [1.807, 2.05) is 123 Å². The van der Waals surface area contributed by atoms with Gasteiger partial charge in [-0.2, -0.15) is 0 Å². The molecule has 6 aromatic carbocycles. The van der Waals surface area contributed by atoms with Crippen LogP contribution in [0.15, 0.2) is 146 Å². The lowest BCUT2D eigenvalue weighted by Gasteiger charge is -2.24. The number of halogens is 2. The van der Waals surface area contributed by atoms with E-state index in [1.54, 1.807) is 38.5 Å². The lowest BCUT2D eigenvalue weighted by Crippen LogP contribution is -2.13. The van der Waals surface area contributed by atoms with Gasteiger partial charge in [-0.25, -0.2) is 8.78 Å². The molecule has 0 aliphatic heterocycles. The van der Waals surface area contributed by atoms with E-state index in [9.17, 15) is 18.4 Å². The Morgan fingerprint density at radius 2 is 0.901 bits per heavy atom. The maximum absolute atomic E-state index is 14.9. The second-order valence-corrected chi connectivity index (χ2v) is 19.3. The SMILES string of the molecule is C/C=C\[C@H](CC(=O)O)c1ccc(OCc2ccc(C(C)(C)C)c(-c3cc(OC)ccc3F)c2)cc1.C/C=C\[C@H](CC(=O)OC)c1ccc(OCc2ccc(C(C)(C)C)c(-c3cc(OC)ccc3F)c2)cc1. The van der Waals surface area contributed by atoms with Gasteiger partial charge in [-0.15, -0.1) is 0 Å². The van der Waals surface area contributed by atoms with Crippen LogP contribution in [0.2, 0.25) is 0 Å². The first-order chi connectivity index (χ1) is 33.8. The Morgan fingerprint density at radius 1 is 0.521 bits per heavy atom. The Labute approximate surface area is 418 Å². The summed E-state index contributed by atoms with van der Waals surface area (Å²) in [6.45, 7) is 17.1. The minimum Gasteiger partial charge on any atom is -0.497 e.